The van der Waals surface area contributed by atoms with Crippen LogP contribution in [0, 0.1) is 17.1 Å². The van der Waals surface area contributed by atoms with Crippen LogP contribution in [-0.2, 0) is 0 Å². The fourth-order valence-electron chi connectivity index (χ4n) is 1.74. The lowest BCUT2D eigenvalue weighted by Gasteiger charge is -2.11. The molecule has 0 unspecified atom stereocenters. The molecule has 0 amide bonds. The fourth-order valence-corrected chi connectivity index (χ4v) is 2.42. The van der Waals surface area contributed by atoms with E-state index in [1.54, 1.807) is 31.2 Å². The Bertz CT molecular complexity index is 680. The Kier molecular flexibility index (Phi) is 4.38. The number of nitrogens with zero attached hydrogens (tertiary/aromatic N) is 1. The summed E-state index contributed by atoms with van der Waals surface area (Å²) in [4.78, 5) is 0. The van der Waals surface area contributed by atoms with Crippen molar-refractivity contribution in [2.24, 2.45) is 0 Å². The monoisotopic (exact) mass is 335 g/mol. The van der Waals surface area contributed by atoms with Gasteiger partial charge in [0, 0.05) is 4.47 Å². The van der Waals surface area contributed by atoms with Crippen molar-refractivity contribution >= 4 is 15.9 Å². The molecule has 0 saturated carbocycles. The van der Waals surface area contributed by atoms with E-state index in [0.717, 1.165) is 5.56 Å². The fraction of sp³-hybridized carbons (Fsp3) is 0.133. The van der Waals surface area contributed by atoms with E-state index in [1.807, 2.05) is 0 Å². The quantitative estimate of drug-likeness (QED) is 0.909. The first-order chi connectivity index (χ1) is 9.52. The normalized spacial score (nSPS) is 11.8. The zero-order chi connectivity index (χ0) is 14.7. The van der Waals surface area contributed by atoms with Crippen molar-refractivity contribution in [1.82, 2.24) is 0 Å². The van der Waals surface area contributed by atoms with E-state index in [4.69, 9.17) is 10.00 Å². The first-order valence-electron chi connectivity index (χ1n) is 5.87. The molecule has 0 aromatic heterocycles. The Morgan fingerprint density at radius 3 is 2.70 bits per heavy atom. The van der Waals surface area contributed by atoms with E-state index in [0.29, 0.717) is 10.2 Å². The molecule has 5 heteroatoms. The van der Waals surface area contributed by atoms with Gasteiger partial charge in [-0.05, 0) is 36.8 Å². The van der Waals surface area contributed by atoms with Gasteiger partial charge in [-0.3, -0.25) is 0 Å². The smallest absolute Gasteiger partial charge is 0.148 e. The largest absolute Gasteiger partial charge is 0.456 e. The minimum absolute atomic E-state index is 0.136. The maximum absolute atomic E-state index is 13.5. The number of halogens is 2. The van der Waals surface area contributed by atoms with Crippen LogP contribution in [0.15, 0.2) is 40.9 Å². The summed E-state index contributed by atoms with van der Waals surface area (Å²) in [6.07, 6.45) is -0.609. The number of ether oxygens (including phenoxy) is 1. The van der Waals surface area contributed by atoms with Gasteiger partial charge in [-0.1, -0.05) is 28.1 Å². The molecule has 2 aromatic carbocycles. The molecule has 0 saturated heterocycles. The number of benzene rings is 2. The summed E-state index contributed by atoms with van der Waals surface area (Å²) in [5.41, 5.74) is 0.584. The zero-order valence-electron chi connectivity index (χ0n) is 10.6. The molecule has 102 valence electrons. The van der Waals surface area contributed by atoms with Crippen LogP contribution in [0.2, 0.25) is 0 Å². The number of rotatable bonds is 3. The van der Waals surface area contributed by atoms with Gasteiger partial charge in [0.15, 0.2) is 0 Å². The van der Waals surface area contributed by atoms with Crippen molar-refractivity contribution in [3.05, 3.63) is 57.8 Å². The Balaban J connectivity index is 2.34. The van der Waals surface area contributed by atoms with Crippen LogP contribution in [-0.4, -0.2) is 5.11 Å². The van der Waals surface area contributed by atoms with Crippen LogP contribution in [0.25, 0.3) is 0 Å². The summed E-state index contributed by atoms with van der Waals surface area (Å²) >= 11 is 3.33. The number of hydrogen-bond donors (Lipinski definition) is 1. The van der Waals surface area contributed by atoms with Gasteiger partial charge in [-0.25, -0.2) is 4.39 Å². The predicted octanol–water partition coefficient (Wildman–Crippen LogP) is 4.31. The second-order valence-corrected chi connectivity index (χ2v) is 5.04. The third-order valence-electron chi connectivity index (χ3n) is 2.74. The molecule has 0 fully saturated rings. The minimum atomic E-state index is -0.621. The number of hydrogen-bond acceptors (Lipinski definition) is 3. The lowest BCUT2D eigenvalue weighted by molar-refractivity contribution is 0.198. The maximum atomic E-state index is 13.5. The molecule has 1 N–H and O–H groups in total. The van der Waals surface area contributed by atoms with Gasteiger partial charge in [-0.2, -0.15) is 5.26 Å². The average molecular weight is 336 g/mol. The second kappa shape index (κ2) is 6.04. The Hall–Kier alpha value is -1.90. The number of aliphatic hydroxyl groups is 1. The van der Waals surface area contributed by atoms with Crippen molar-refractivity contribution in [2.75, 3.05) is 0 Å². The molecule has 0 aliphatic carbocycles. The van der Waals surface area contributed by atoms with Gasteiger partial charge in [-0.15, -0.1) is 0 Å². The summed E-state index contributed by atoms with van der Waals surface area (Å²) in [6.45, 7) is 1.65. The maximum Gasteiger partial charge on any atom is 0.148 e. The molecule has 0 radical (unpaired) electrons. The lowest BCUT2D eigenvalue weighted by Crippen LogP contribution is -1.95. The van der Waals surface area contributed by atoms with Crippen molar-refractivity contribution in [2.45, 2.75) is 13.0 Å². The third kappa shape index (κ3) is 2.98. The summed E-state index contributed by atoms with van der Waals surface area (Å²) in [6, 6.07) is 11.0. The topological polar surface area (TPSA) is 53.2 Å². The van der Waals surface area contributed by atoms with Crippen LogP contribution in [0.3, 0.4) is 0 Å². The average Bonchev–Trinajstić information content (AvgIpc) is 2.38. The third-order valence-corrected chi connectivity index (χ3v) is 3.42. The van der Waals surface area contributed by atoms with Crippen molar-refractivity contribution in [3.63, 3.8) is 0 Å². The predicted molar refractivity (Wildman–Crippen MR) is 76.0 cm³/mol. The van der Waals surface area contributed by atoms with E-state index in [2.05, 4.69) is 15.9 Å². The molecular weight excluding hydrogens is 325 g/mol. The van der Waals surface area contributed by atoms with E-state index in [9.17, 15) is 9.50 Å². The van der Waals surface area contributed by atoms with Crippen molar-refractivity contribution in [1.29, 1.82) is 5.26 Å². The molecule has 0 spiro atoms. The van der Waals surface area contributed by atoms with Gasteiger partial charge in [0.25, 0.3) is 0 Å². The summed E-state index contributed by atoms with van der Waals surface area (Å²) in [7, 11) is 0. The molecule has 0 bridgehead atoms. The first-order valence-corrected chi connectivity index (χ1v) is 6.66. The Morgan fingerprint density at radius 2 is 2.10 bits per heavy atom. The zero-order valence-corrected chi connectivity index (χ0v) is 12.2. The summed E-state index contributed by atoms with van der Waals surface area (Å²) < 4.78 is 19.7. The van der Waals surface area contributed by atoms with E-state index >= 15 is 0 Å². The molecule has 2 aromatic rings. The number of aliphatic hydroxyl groups excluding tert-OH is 1. The van der Waals surface area contributed by atoms with Crippen molar-refractivity contribution < 1.29 is 14.2 Å². The molecule has 0 aliphatic heterocycles. The highest BCUT2D eigenvalue weighted by atomic mass is 79.9. The number of nitriles is 1. The standard InChI is InChI=1S/C15H11BrFNO2/c1-9(19)11-6-5-10(7-13(11)16)20-15-4-2-3-14(17)12(15)8-18/h2-7,9,19H,1H3/t9-/m1/s1. The highest BCUT2D eigenvalue weighted by Gasteiger charge is 2.12. The van der Waals surface area contributed by atoms with Gasteiger partial charge in [0.05, 0.1) is 6.10 Å². The Labute approximate surface area is 124 Å². The van der Waals surface area contributed by atoms with Gasteiger partial charge in [0.1, 0.15) is 28.9 Å². The Morgan fingerprint density at radius 1 is 1.35 bits per heavy atom. The van der Waals surface area contributed by atoms with Crippen LogP contribution in [0.5, 0.6) is 11.5 Å². The molecule has 2 rings (SSSR count). The molecule has 0 heterocycles. The van der Waals surface area contributed by atoms with Crippen LogP contribution >= 0.6 is 15.9 Å². The van der Waals surface area contributed by atoms with Crippen LogP contribution in [0.1, 0.15) is 24.2 Å². The molecule has 0 aliphatic rings. The van der Waals surface area contributed by atoms with Gasteiger partial charge < -0.3 is 9.84 Å². The van der Waals surface area contributed by atoms with Crippen molar-refractivity contribution in [3.8, 4) is 17.6 Å². The summed E-state index contributed by atoms with van der Waals surface area (Å²) in [5.74, 6) is -0.0164. The lowest BCUT2D eigenvalue weighted by atomic mass is 10.1. The van der Waals surface area contributed by atoms with Gasteiger partial charge in [0.2, 0.25) is 0 Å². The van der Waals surface area contributed by atoms with E-state index < -0.39 is 11.9 Å². The molecule has 20 heavy (non-hydrogen) atoms. The first kappa shape index (κ1) is 14.5. The van der Waals surface area contributed by atoms with Gasteiger partial charge >= 0.3 is 0 Å². The van der Waals surface area contributed by atoms with E-state index in [-0.39, 0.29) is 11.3 Å². The molecule has 1 atom stereocenters. The highest BCUT2D eigenvalue weighted by Crippen LogP contribution is 2.31. The van der Waals surface area contributed by atoms with Crippen LogP contribution < -0.4 is 4.74 Å². The molecule has 3 nitrogen and oxygen atoms in total. The summed E-state index contributed by atoms with van der Waals surface area (Å²) in [5, 5.41) is 18.5. The molecular formula is C15H11BrFNO2. The van der Waals surface area contributed by atoms with Crippen LogP contribution in [0.4, 0.5) is 4.39 Å². The second-order valence-electron chi connectivity index (χ2n) is 4.19. The minimum Gasteiger partial charge on any atom is -0.456 e. The highest BCUT2D eigenvalue weighted by molar-refractivity contribution is 9.10. The SMILES string of the molecule is C[C@@H](O)c1ccc(Oc2cccc(F)c2C#N)cc1Br. The van der Waals surface area contributed by atoms with E-state index in [1.165, 1.54) is 18.2 Å².